The third-order valence-electron chi connectivity index (χ3n) is 8.36. The molecule has 0 aliphatic carbocycles. The second-order valence-electron chi connectivity index (χ2n) is 12.8. The summed E-state index contributed by atoms with van der Waals surface area (Å²) in [6.45, 7) is 13.4. The molecule has 9 heteroatoms. The summed E-state index contributed by atoms with van der Waals surface area (Å²) in [6.07, 6.45) is 6.07. The van der Waals surface area contributed by atoms with Crippen molar-refractivity contribution in [1.82, 2.24) is 19.5 Å². The Morgan fingerprint density at radius 3 is 2.22 bits per heavy atom. The SMILES string of the molecule is CCC(CC)(Cc1c(SC(C)(C)C)c2cc(OCc3ccc(C)cn3)ccc2n1Cc1ccc(-c2ncc(O)cn2)cc1)C(=O)O. The van der Waals surface area contributed by atoms with Crippen molar-refractivity contribution in [1.29, 1.82) is 0 Å². The first-order valence-electron chi connectivity index (χ1n) is 15.6. The zero-order valence-electron chi connectivity index (χ0n) is 27.4. The van der Waals surface area contributed by atoms with Crippen molar-refractivity contribution >= 4 is 28.6 Å². The maximum atomic E-state index is 12.8. The molecule has 8 nitrogen and oxygen atoms in total. The number of carboxylic acids is 1. The minimum atomic E-state index is -0.893. The molecule has 0 unspecified atom stereocenters. The molecule has 0 saturated carbocycles. The van der Waals surface area contributed by atoms with Crippen molar-refractivity contribution in [3.05, 3.63) is 95.7 Å². The molecule has 2 aromatic carbocycles. The molecule has 2 N–H and O–H groups in total. The van der Waals surface area contributed by atoms with Crippen LogP contribution in [0.4, 0.5) is 0 Å². The molecule has 3 heterocycles. The van der Waals surface area contributed by atoms with Gasteiger partial charge in [-0.2, -0.15) is 0 Å². The number of nitrogens with zero attached hydrogens (tertiary/aromatic N) is 4. The van der Waals surface area contributed by atoms with Crippen LogP contribution in [0.2, 0.25) is 0 Å². The lowest BCUT2D eigenvalue weighted by molar-refractivity contribution is -0.149. The molecule has 5 rings (SSSR count). The number of hydrogen-bond donors (Lipinski definition) is 2. The lowest BCUT2D eigenvalue weighted by Gasteiger charge is -2.29. The number of carbonyl (C=O) groups is 1. The van der Waals surface area contributed by atoms with Crippen molar-refractivity contribution < 1.29 is 19.7 Å². The predicted octanol–water partition coefficient (Wildman–Crippen LogP) is 8.46. The van der Waals surface area contributed by atoms with E-state index in [2.05, 4.69) is 52.4 Å². The van der Waals surface area contributed by atoms with E-state index in [1.807, 2.05) is 69.4 Å². The van der Waals surface area contributed by atoms with Gasteiger partial charge >= 0.3 is 5.97 Å². The van der Waals surface area contributed by atoms with Crippen LogP contribution in [0.3, 0.4) is 0 Å². The van der Waals surface area contributed by atoms with Gasteiger partial charge in [0.15, 0.2) is 11.6 Å². The highest BCUT2D eigenvalue weighted by molar-refractivity contribution is 8.00. The van der Waals surface area contributed by atoms with Crippen LogP contribution in [0.1, 0.15) is 70.0 Å². The summed E-state index contributed by atoms with van der Waals surface area (Å²) < 4.78 is 8.40. The number of carboxylic acid groups (broad SMARTS) is 1. The van der Waals surface area contributed by atoms with Crippen LogP contribution in [0.5, 0.6) is 11.5 Å². The minimum Gasteiger partial charge on any atom is -0.505 e. The summed E-state index contributed by atoms with van der Waals surface area (Å²) in [5.41, 5.74) is 5.01. The highest BCUT2D eigenvalue weighted by Crippen LogP contribution is 2.45. The molecule has 0 saturated heterocycles. The number of aliphatic carboxylic acids is 1. The quantitative estimate of drug-likeness (QED) is 0.131. The summed E-state index contributed by atoms with van der Waals surface area (Å²) in [7, 11) is 0. The standard InChI is InChI=1S/C37H42N4O4S/c1-7-37(8-2,35(43)44)18-32-33(46-36(4,5)6)30-17-29(45-23-27-14-9-24(3)19-38-27)15-16-31(30)41(32)22-25-10-12-26(13-11-25)34-39-20-28(42)21-40-34/h9-17,19-21,42H,7-8,18,22-23H2,1-6H3,(H,43,44). The Balaban J connectivity index is 1.61. The van der Waals surface area contributed by atoms with Gasteiger partial charge in [0.25, 0.3) is 0 Å². The number of ether oxygens (including phenoxy) is 1. The van der Waals surface area contributed by atoms with E-state index in [9.17, 15) is 15.0 Å². The predicted molar refractivity (Wildman–Crippen MR) is 183 cm³/mol. The summed E-state index contributed by atoms with van der Waals surface area (Å²) >= 11 is 1.77. The van der Waals surface area contributed by atoms with Crippen LogP contribution in [0.25, 0.3) is 22.3 Å². The zero-order chi connectivity index (χ0) is 33.1. The largest absolute Gasteiger partial charge is 0.505 e. The molecule has 0 atom stereocenters. The maximum Gasteiger partial charge on any atom is 0.310 e. The smallest absolute Gasteiger partial charge is 0.310 e. The Kier molecular flexibility index (Phi) is 9.72. The lowest BCUT2D eigenvalue weighted by atomic mass is 9.78. The van der Waals surface area contributed by atoms with Crippen LogP contribution in [-0.2, 0) is 24.4 Å². The van der Waals surface area contributed by atoms with Gasteiger partial charge in [0.05, 0.1) is 23.5 Å². The van der Waals surface area contributed by atoms with Crippen molar-refractivity contribution in [2.75, 3.05) is 0 Å². The summed E-state index contributed by atoms with van der Waals surface area (Å²) in [4.78, 5) is 26.8. The van der Waals surface area contributed by atoms with Crippen LogP contribution in [0.15, 0.2) is 78.1 Å². The topological polar surface area (TPSA) is 110 Å². The van der Waals surface area contributed by atoms with Gasteiger partial charge in [-0.05, 0) is 55.2 Å². The van der Waals surface area contributed by atoms with E-state index in [1.54, 1.807) is 11.8 Å². The maximum absolute atomic E-state index is 12.8. The fourth-order valence-corrected chi connectivity index (χ4v) is 6.76. The number of aromatic nitrogens is 4. The molecule has 5 aromatic rings. The third-order valence-corrected chi connectivity index (χ3v) is 9.64. The van der Waals surface area contributed by atoms with Gasteiger partial charge in [0.2, 0.25) is 0 Å². The number of aromatic hydroxyl groups is 1. The first-order chi connectivity index (χ1) is 21.9. The molecule has 46 heavy (non-hydrogen) atoms. The molecule has 0 spiro atoms. The van der Waals surface area contributed by atoms with Crippen LogP contribution >= 0.6 is 11.8 Å². The van der Waals surface area contributed by atoms with E-state index < -0.39 is 11.4 Å². The van der Waals surface area contributed by atoms with Gasteiger partial charge in [0.1, 0.15) is 12.4 Å². The number of thioether (sulfide) groups is 1. The molecule has 3 aromatic heterocycles. The van der Waals surface area contributed by atoms with Gasteiger partial charge in [-0.25, -0.2) is 9.97 Å². The average molecular weight is 639 g/mol. The monoisotopic (exact) mass is 638 g/mol. The summed E-state index contributed by atoms with van der Waals surface area (Å²) in [6, 6.07) is 18.2. The second-order valence-corrected chi connectivity index (χ2v) is 14.6. The van der Waals surface area contributed by atoms with E-state index in [0.717, 1.165) is 49.6 Å². The van der Waals surface area contributed by atoms with Crippen LogP contribution in [0, 0.1) is 12.3 Å². The van der Waals surface area contributed by atoms with E-state index in [4.69, 9.17) is 4.74 Å². The van der Waals surface area contributed by atoms with Gasteiger partial charge in [-0.1, -0.05) is 65.0 Å². The van der Waals surface area contributed by atoms with E-state index in [-0.39, 0.29) is 10.5 Å². The highest BCUT2D eigenvalue weighted by Gasteiger charge is 2.38. The minimum absolute atomic E-state index is 0.0216. The molecule has 0 fully saturated rings. The van der Waals surface area contributed by atoms with E-state index >= 15 is 0 Å². The van der Waals surface area contributed by atoms with Crippen molar-refractivity contribution in [3.63, 3.8) is 0 Å². The number of aryl methyl sites for hydroxylation is 1. The van der Waals surface area contributed by atoms with Gasteiger partial charge < -0.3 is 19.5 Å². The van der Waals surface area contributed by atoms with Crippen molar-refractivity contribution in [2.45, 2.75) is 83.6 Å². The molecular weight excluding hydrogens is 596 g/mol. The number of benzene rings is 2. The fourth-order valence-electron chi connectivity index (χ4n) is 5.57. The molecule has 0 aliphatic rings. The lowest BCUT2D eigenvalue weighted by Crippen LogP contribution is -2.33. The molecule has 240 valence electrons. The molecule has 0 radical (unpaired) electrons. The number of pyridine rings is 1. The van der Waals surface area contributed by atoms with E-state index in [0.29, 0.717) is 38.2 Å². The Labute approximate surface area is 274 Å². The Hall–Kier alpha value is -4.37. The number of rotatable bonds is 12. The fraction of sp³-hybridized carbons (Fsp3) is 0.351. The molecular formula is C37H42N4O4S. The first kappa shape index (κ1) is 33.0. The van der Waals surface area contributed by atoms with Gasteiger partial charge in [-0.3, -0.25) is 9.78 Å². The van der Waals surface area contributed by atoms with Crippen LogP contribution in [-0.4, -0.2) is 40.4 Å². The van der Waals surface area contributed by atoms with Crippen molar-refractivity contribution in [2.24, 2.45) is 5.41 Å². The van der Waals surface area contributed by atoms with Crippen LogP contribution < -0.4 is 4.74 Å². The highest BCUT2D eigenvalue weighted by atomic mass is 32.2. The summed E-state index contributed by atoms with van der Waals surface area (Å²) in [5.74, 6) is 0.524. The number of fused-ring (bicyclic) bond motifs is 1. The van der Waals surface area contributed by atoms with Gasteiger partial charge in [-0.15, -0.1) is 11.8 Å². The molecule has 0 amide bonds. The first-order valence-corrected chi connectivity index (χ1v) is 16.4. The molecule has 0 aliphatic heterocycles. The number of hydrogen-bond acceptors (Lipinski definition) is 7. The third kappa shape index (κ3) is 7.36. The normalized spacial score (nSPS) is 12.0. The zero-order valence-corrected chi connectivity index (χ0v) is 28.2. The molecule has 0 bridgehead atoms. The summed E-state index contributed by atoms with van der Waals surface area (Å²) in [5, 5.41) is 21.1. The second kappa shape index (κ2) is 13.5. The van der Waals surface area contributed by atoms with E-state index in [1.165, 1.54) is 12.4 Å². The Bertz CT molecular complexity index is 1800. The van der Waals surface area contributed by atoms with Crippen molar-refractivity contribution in [3.8, 4) is 22.9 Å². The Morgan fingerprint density at radius 1 is 0.935 bits per heavy atom. The van der Waals surface area contributed by atoms with Gasteiger partial charge in [0, 0.05) is 51.0 Å². The Morgan fingerprint density at radius 2 is 1.63 bits per heavy atom. The average Bonchev–Trinajstić information content (AvgIpc) is 3.29.